The highest BCUT2D eigenvalue weighted by Crippen LogP contribution is 2.41. The van der Waals surface area contributed by atoms with Crippen molar-refractivity contribution in [2.24, 2.45) is 7.05 Å². The first-order chi connectivity index (χ1) is 22.4. The average molecular weight is 635 g/mol. The van der Waals surface area contributed by atoms with E-state index in [0.717, 1.165) is 106 Å². The molecule has 2 N–H and O–H groups in total. The molecule has 244 valence electrons. The van der Waals surface area contributed by atoms with E-state index in [1.54, 1.807) is 31.8 Å². The van der Waals surface area contributed by atoms with Gasteiger partial charge >= 0.3 is 5.97 Å². The van der Waals surface area contributed by atoms with E-state index in [4.69, 9.17) is 14.8 Å². The molecule has 5 heterocycles. The molecule has 0 aliphatic carbocycles. The average Bonchev–Trinajstić information content (AvgIpc) is 3.41. The number of anilines is 1. The van der Waals surface area contributed by atoms with Gasteiger partial charge in [0.05, 0.1) is 30.2 Å². The smallest absolute Gasteiger partial charge is 0.307 e. The van der Waals surface area contributed by atoms with Crippen LogP contribution in [0, 0.1) is 13.8 Å². The van der Waals surface area contributed by atoms with Crippen molar-refractivity contribution in [3.63, 3.8) is 0 Å². The van der Waals surface area contributed by atoms with Gasteiger partial charge < -0.3 is 19.8 Å². The van der Waals surface area contributed by atoms with E-state index < -0.39 is 11.6 Å². The van der Waals surface area contributed by atoms with E-state index >= 15 is 0 Å². The van der Waals surface area contributed by atoms with E-state index in [1.165, 1.54) is 11.1 Å². The summed E-state index contributed by atoms with van der Waals surface area (Å²) in [4.78, 5) is 28.2. The highest BCUT2D eigenvalue weighted by atomic mass is 16.5. The Bertz CT molecular complexity index is 1970. The van der Waals surface area contributed by atoms with Gasteiger partial charge in [0, 0.05) is 37.1 Å². The number of fused-ring (bicyclic) bond motifs is 3. The second-order valence-electron chi connectivity index (χ2n) is 13.4. The van der Waals surface area contributed by atoms with Gasteiger partial charge in [-0.3, -0.25) is 14.5 Å². The van der Waals surface area contributed by atoms with Gasteiger partial charge in [-0.25, -0.2) is 9.97 Å². The number of aliphatic hydroxyl groups is 1. The van der Waals surface area contributed by atoms with E-state index in [2.05, 4.69) is 50.3 Å². The molecule has 2 aromatic carbocycles. The van der Waals surface area contributed by atoms with Crippen molar-refractivity contribution in [3.05, 3.63) is 82.6 Å². The molecule has 0 atom stereocenters. The lowest BCUT2D eigenvalue weighted by molar-refractivity contribution is -0.136. The predicted octanol–water partition coefficient (Wildman–Crippen LogP) is 6.00. The van der Waals surface area contributed by atoms with Gasteiger partial charge in [0.25, 0.3) is 0 Å². The minimum Gasteiger partial charge on any atom is -0.493 e. The molecule has 2 aliphatic heterocycles. The van der Waals surface area contributed by atoms with Crippen LogP contribution < -0.4 is 9.64 Å². The minimum atomic E-state index is -0.866. The SMILES string of the molecule is CC(C)(C)O.Cc1nc(C)c(-c2ccc3c(c2)CCN(c2ncnc4c2cnn4C)C3)c(-c2ccc3c(c2)CCCO3)c1CC(=O)O. The topological polar surface area (TPSA) is 126 Å². The molecule has 10 heteroatoms. The number of carboxylic acids is 1. The Morgan fingerprint density at radius 2 is 1.68 bits per heavy atom. The minimum absolute atomic E-state index is 0.0866. The van der Waals surface area contributed by atoms with Crippen LogP contribution in [-0.4, -0.2) is 59.7 Å². The Balaban J connectivity index is 0.000000720. The van der Waals surface area contributed by atoms with Gasteiger partial charge in [0.15, 0.2) is 5.65 Å². The maximum Gasteiger partial charge on any atom is 0.307 e. The first-order valence-corrected chi connectivity index (χ1v) is 16.1. The van der Waals surface area contributed by atoms with Crippen LogP contribution in [0.3, 0.4) is 0 Å². The fraction of sp³-hybridized carbons (Fsp3) is 0.378. The molecule has 0 spiro atoms. The lowest BCUT2D eigenvalue weighted by atomic mass is 9.85. The third kappa shape index (κ3) is 6.83. The highest BCUT2D eigenvalue weighted by Gasteiger charge is 2.25. The van der Waals surface area contributed by atoms with Gasteiger partial charge in [-0.05, 0) is 105 Å². The number of aryl methyl sites for hydroxylation is 4. The lowest BCUT2D eigenvalue weighted by Crippen LogP contribution is -2.31. The van der Waals surface area contributed by atoms with Crippen LogP contribution in [0.4, 0.5) is 5.82 Å². The van der Waals surface area contributed by atoms with Gasteiger partial charge in [0.2, 0.25) is 0 Å². The van der Waals surface area contributed by atoms with Crippen LogP contribution in [0.1, 0.15) is 60.8 Å². The number of ether oxygens (including phenoxy) is 1. The lowest BCUT2D eigenvalue weighted by Gasteiger charge is -2.30. The molecule has 0 unspecified atom stereocenters. The molecular formula is C37H42N6O4. The van der Waals surface area contributed by atoms with Gasteiger partial charge in [0.1, 0.15) is 17.9 Å². The molecule has 47 heavy (non-hydrogen) atoms. The van der Waals surface area contributed by atoms with Crippen LogP contribution in [-0.2, 0) is 37.6 Å². The summed E-state index contributed by atoms with van der Waals surface area (Å²) in [5.41, 5.74) is 10.4. The Hall–Kier alpha value is -4.83. The Morgan fingerprint density at radius 1 is 0.957 bits per heavy atom. The predicted molar refractivity (Wildman–Crippen MR) is 183 cm³/mol. The summed E-state index contributed by atoms with van der Waals surface area (Å²) in [6.07, 6.45) is 6.14. The van der Waals surface area contributed by atoms with Crippen molar-refractivity contribution in [2.75, 3.05) is 18.1 Å². The summed E-state index contributed by atoms with van der Waals surface area (Å²) < 4.78 is 7.65. The number of hydrogen-bond acceptors (Lipinski definition) is 8. The van der Waals surface area contributed by atoms with Crippen LogP contribution in [0.2, 0.25) is 0 Å². The maximum atomic E-state index is 12.0. The van der Waals surface area contributed by atoms with Gasteiger partial charge in [-0.1, -0.05) is 24.3 Å². The second kappa shape index (κ2) is 12.8. The number of aliphatic carboxylic acids is 1. The quantitative estimate of drug-likeness (QED) is 0.239. The van der Waals surface area contributed by atoms with E-state index in [0.29, 0.717) is 0 Å². The van der Waals surface area contributed by atoms with E-state index in [9.17, 15) is 9.90 Å². The van der Waals surface area contributed by atoms with Crippen molar-refractivity contribution in [1.82, 2.24) is 24.7 Å². The molecule has 0 saturated heterocycles. The zero-order chi connectivity index (χ0) is 33.5. The Kier molecular flexibility index (Phi) is 8.72. The molecule has 3 aromatic heterocycles. The van der Waals surface area contributed by atoms with E-state index in [-0.39, 0.29) is 6.42 Å². The highest BCUT2D eigenvalue weighted by molar-refractivity contribution is 5.91. The Morgan fingerprint density at radius 3 is 2.45 bits per heavy atom. The number of pyridine rings is 1. The molecular weight excluding hydrogens is 592 g/mol. The normalized spacial score (nSPS) is 14.1. The first kappa shape index (κ1) is 32.1. The van der Waals surface area contributed by atoms with Crippen molar-refractivity contribution in [3.8, 4) is 28.0 Å². The number of carboxylic acid groups (broad SMARTS) is 1. The number of carbonyl (C=O) groups is 1. The molecule has 0 fully saturated rings. The summed E-state index contributed by atoms with van der Waals surface area (Å²) in [6, 6.07) is 12.9. The summed E-state index contributed by atoms with van der Waals surface area (Å²) in [5.74, 6) is 0.952. The second-order valence-corrected chi connectivity index (χ2v) is 13.4. The zero-order valence-corrected chi connectivity index (χ0v) is 28.0. The summed E-state index contributed by atoms with van der Waals surface area (Å²) in [6.45, 7) is 11.5. The molecule has 10 nitrogen and oxygen atoms in total. The molecule has 5 aromatic rings. The molecule has 0 radical (unpaired) electrons. The fourth-order valence-electron chi connectivity index (χ4n) is 6.53. The summed E-state index contributed by atoms with van der Waals surface area (Å²) in [7, 11) is 1.89. The fourth-order valence-corrected chi connectivity index (χ4v) is 6.53. The van der Waals surface area contributed by atoms with Crippen molar-refractivity contribution in [1.29, 1.82) is 0 Å². The third-order valence-electron chi connectivity index (χ3n) is 8.53. The summed E-state index contributed by atoms with van der Waals surface area (Å²) >= 11 is 0. The number of nitrogens with zero attached hydrogens (tertiary/aromatic N) is 6. The molecule has 7 rings (SSSR count). The summed E-state index contributed by atoms with van der Waals surface area (Å²) in [5, 5.41) is 23.7. The maximum absolute atomic E-state index is 12.0. The van der Waals surface area contributed by atoms with Crippen LogP contribution >= 0.6 is 0 Å². The molecule has 0 saturated carbocycles. The molecule has 2 aliphatic rings. The largest absolute Gasteiger partial charge is 0.493 e. The van der Waals surface area contributed by atoms with E-state index in [1.807, 2.05) is 33.2 Å². The van der Waals surface area contributed by atoms with Gasteiger partial charge in [-0.15, -0.1) is 0 Å². The monoisotopic (exact) mass is 634 g/mol. The first-order valence-electron chi connectivity index (χ1n) is 16.1. The number of rotatable bonds is 5. The van der Waals surface area contributed by atoms with Gasteiger partial charge in [-0.2, -0.15) is 5.10 Å². The Labute approximate surface area is 275 Å². The van der Waals surface area contributed by atoms with Crippen molar-refractivity contribution in [2.45, 2.75) is 72.4 Å². The van der Waals surface area contributed by atoms with Crippen LogP contribution in [0.5, 0.6) is 5.75 Å². The molecule has 0 bridgehead atoms. The number of hydrogen-bond donors (Lipinski definition) is 2. The standard InChI is InChI=1S/C33H32N6O3.C4H10O/c1-19-26(15-29(40)41)31(24-8-9-28-22(14-24)5-4-12-42-28)30(20(2)37-19)23-6-7-25-17-39(11-10-21(25)13-23)33-27-16-36-38(3)32(27)34-18-35-33;1-4(2,3)5/h6-9,13-14,16,18H,4-5,10-12,15,17H2,1-3H3,(H,40,41);5H,1-3H3. The number of benzene rings is 2. The third-order valence-corrected chi connectivity index (χ3v) is 8.53. The van der Waals surface area contributed by atoms with Crippen LogP contribution in [0.25, 0.3) is 33.3 Å². The van der Waals surface area contributed by atoms with Crippen molar-refractivity contribution >= 4 is 22.8 Å². The molecule has 0 amide bonds. The van der Waals surface area contributed by atoms with Crippen molar-refractivity contribution < 1.29 is 19.7 Å². The zero-order valence-electron chi connectivity index (χ0n) is 28.0. The number of aromatic nitrogens is 5. The van der Waals surface area contributed by atoms with Crippen LogP contribution in [0.15, 0.2) is 48.9 Å².